The Hall–Kier alpha value is -9.44. The molecule has 0 unspecified atom stereocenters. The Labute approximate surface area is 512 Å². The van der Waals surface area contributed by atoms with Crippen LogP contribution in [0.3, 0.4) is 0 Å². The van der Waals surface area contributed by atoms with Crippen LogP contribution in [0, 0.1) is 45.3 Å². The van der Waals surface area contributed by atoms with Crippen molar-refractivity contribution in [3.63, 3.8) is 0 Å². The minimum Gasteiger partial charge on any atom is -0.497 e. The van der Waals surface area contributed by atoms with E-state index in [1.54, 1.807) is 28.4 Å². The van der Waals surface area contributed by atoms with Crippen molar-refractivity contribution in [2.75, 3.05) is 49.7 Å². The van der Waals surface area contributed by atoms with Crippen molar-refractivity contribution >= 4 is 92.7 Å². The highest BCUT2D eigenvalue weighted by molar-refractivity contribution is 6.12. The predicted molar refractivity (Wildman–Crippen MR) is 349 cm³/mol. The molecule has 2 aliphatic heterocycles. The number of nitrogens with zero attached hydrogens (tertiary/aromatic N) is 2. The van der Waals surface area contributed by atoms with Crippen LogP contribution < -0.4 is 40.2 Å². The largest absolute Gasteiger partial charge is 0.497 e. The van der Waals surface area contributed by atoms with E-state index in [-0.39, 0.29) is 69.0 Å². The molecule has 16 nitrogen and oxygen atoms in total. The number of nitrogens with one attached hydrogen (secondary N) is 6. The molecule has 4 saturated carbocycles. The fourth-order valence-electron chi connectivity index (χ4n) is 12.8. The standard InChI is InChI=1S/C72H74N8O8/c1-69(2)33-43(69)65(81)77-47-15-13-16-48(78-66(82)44-34-70(44,3)4)61(47)63-55-23-19-51(73-55)59(37-27-39(85-9)31-40(28-37)86-10)53-21-25-57(75-53)64(58-26-22-54(76-58)60(52-20-24-56(63)74-52)38-29-41(87-11)32-42(30-38)88-12)62-49(79-67(83)45-35-71(45,5)6)17-14-18-50(62)80-68(84)46-36-72(46,7)8/h13-32,43-46,73,76H,33-36H2,1-12H3,(H,77,81)(H,78,82)(H,79,83)(H,80,84)/t43-,44+,45-,46+. The van der Waals surface area contributed by atoms with Crippen LogP contribution >= 0.6 is 0 Å². The van der Waals surface area contributed by atoms with Crippen molar-refractivity contribution in [1.82, 2.24) is 19.9 Å². The number of benzene rings is 4. The normalized spacial score (nSPS) is 19.9. The molecular weight excluding hydrogens is 1100 g/mol. The molecule has 0 radical (unpaired) electrons. The highest BCUT2D eigenvalue weighted by Gasteiger charge is 2.53. The third-order valence-electron chi connectivity index (χ3n) is 19.0. The van der Waals surface area contributed by atoms with Crippen LogP contribution in [0.15, 0.2) is 97.1 Å². The van der Waals surface area contributed by atoms with E-state index in [0.717, 1.165) is 25.7 Å². The van der Waals surface area contributed by atoms with E-state index in [9.17, 15) is 19.2 Å². The van der Waals surface area contributed by atoms with E-state index in [1.165, 1.54) is 0 Å². The lowest BCUT2D eigenvalue weighted by molar-refractivity contribution is -0.118. The SMILES string of the molecule is COc1cc(OC)cc(-c2c3nc(c(-c4c(NC(=O)[C@H]5CC5(C)C)cccc4NC(=O)[C@@H]4CC4(C)C)c4ccc([nH]4)c(-c4cc(OC)cc(OC)c4)c4nc(c(-c5c(NC(=O)[C@H]6CC6(C)C)cccc5NC(=O)[C@@H]5CC5(C)C)c5ccc2[nH]5)C=C4)C=C3)c1. The molecule has 5 heterocycles. The molecule has 7 aromatic rings. The number of rotatable bonds is 16. The summed E-state index contributed by atoms with van der Waals surface area (Å²) in [5.41, 5.74) is 11.1. The van der Waals surface area contributed by atoms with E-state index in [1.807, 2.05) is 121 Å². The first-order chi connectivity index (χ1) is 42.0. The van der Waals surface area contributed by atoms with Crippen LogP contribution in [0.2, 0.25) is 0 Å². The number of carbonyl (C=O) groups excluding carboxylic acids is 4. The summed E-state index contributed by atoms with van der Waals surface area (Å²) in [4.78, 5) is 76.5. The quantitative estimate of drug-likeness (QED) is 0.0539. The number of methoxy groups -OCH3 is 4. The molecule has 4 aromatic carbocycles. The minimum absolute atomic E-state index is 0.115. The van der Waals surface area contributed by atoms with Gasteiger partial charge in [-0.05, 0) is 156 Å². The molecule has 88 heavy (non-hydrogen) atoms. The number of H-pyrrole nitrogens is 2. The number of hydrogen-bond donors (Lipinski definition) is 6. The number of fused-ring (bicyclic) bond motifs is 8. The molecule has 4 aliphatic carbocycles. The Bertz CT molecular complexity index is 3940. The second kappa shape index (κ2) is 21.2. The Morgan fingerprint density at radius 3 is 0.852 bits per heavy atom. The third kappa shape index (κ3) is 10.7. The number of ether oxygens (including phenoxy) is 4. The molecule has 4 amide bonds. The van der Waals surface area contributed by atoms with Gasteiger partial charge in [0.2, 0.25) is 23.6 Å². The summed E-state index contributed by atoms with van der Waals surface area (Å²) < 4.78 is 23.7. The molecule has 0 saturated heterocycles. The van der Waals surface area contributed by atoms with Gasteiger partial charge >= 0.3 is 0 Å². The van der Waals surface area contributed by atoms with E-state index >= 15 is 0 Å². The van der Waals surface area contributed by atoms with Crippen molar-refractivity contribution in [2.24, 2.45) is 45.3 Å². The summed E-state index contributed by atoms with van der Waals surface area (Å²) in [5.74, 6) is 0.878. The molecule has 450 valence electrons. The second-order valence-corrected chi connectivity index (χ2v) is 27.1. The van der Waals surface area contributed by atoms with Crippen LogP contribution in [0.25, 0.3) is 90.9 Å². The van der Waals surface area contributed by atoms with Gasteiger partial charge in [-0.3, -0.25) is 19.2 Å². The van der Waals surface area contributed by atoms with Gasteiger partial charge in [0, 0.05) is 91.3 Å². The van der Waals surface area contributed by atoms with Crippen molar-refractivity contribution in [2.45, 2.75) is 81.1 Å². The van der Waals surface area contributed by atoms with Crippen LogP contribution in [-0.4, -0.2) is 72.0 Å². The molecule has 13 rings (SSSR count). The summed E-state index contributed by atoms with van der Waals surface area (Å²) in [6.45, 7) is 16.7. The van der Waals surface area contributed by atoms with Gasteiger partial charge in [0.05, 0.1) is 74.0 Å². The number of hydrogen-bond acceptors (Lipinski definition) is 10. The molecular formula is C72H74N8O8. The van der Waals surface area contributed by atoms with Gasteiger partial charge < -0.3 is 50.2 Å². The molecule has 16 heteroatoms. The van der Waals surface area contributed by atoms with Gasteiger partial charge in [0.25, 0.3) is 0 Å². The fraction of sp³-hybridized carbons (Fsp3) is 0.333. The van der Waals surface area contributed by atoms with Crippen LogP contribution in [-0.2, 0) is 19.2 Å². The Morgan fingerprint density at radius 1 is 0.375 bits per heavy atom. The highest BCUT2D eigenvalue weighted by Crippen LogP contribution is 2.56. The van der Waals surface area contributed by atoms with Gasteiger partial charge in [-0.15, -0.1) is 0 Å². The maximum absolute atomic E-state index is 14.4. The van der Waals surface area contributed by atoms with Crippen molar-refractivity contribution < 1.29 is 38.1 Å². The summed E-state index contributed by atoms with van der Waals surface area (Å²) in [6.07, 6.45) is 10.8. The maximum Gasteiger partial charge on any atom is 0.228 e. The van der Waals surface area contributed by atoms with Crippen molar-refractivity contribution in [1.29, 1.82) is 0 Å². The first kappa shape index (κ1) is 57.6. The highest BCUT2D eigenvalue weighted by atomic mass is 16.5. The third-order valence-corrected chi connectivity index (χ3v) is 19.0. The summed E-state index contributed by atoms with van der Waals surface area (Å²) in [6, 6.07) is 30.5. The minimum atomic E-state index is -0.212. The Kier molecular flexibility index (Phi) is 13.9. The predicted octanol–water partition coefficient (Wildman–Crippen LogP) is 15.3. The van der Waals surface area contributed by atoms with Crippen molar-refractivity contribution in [3.05, 3.63) is 120 Å². The van der Waals surface area contributed by atoms with Gasteiger partial charge in [-0.2, -0.15) is 0 Å². The molecule has 0 spiro atoms. The van der Waals surface area contributed by atoms with E-state index in [4.69, 9.17) is 28.9 Å². The van der Waals surface area contributed by atoms with E-state index in [0.29, 0.717) is 135 Å². The summed E-state index contributed by atoms with van der Waals surface area (Å²) >= 11 is 0. The summed E-state index contributed by atoms with van der Waals surface area (Å²) in [5, 5.41) is 13.3. The lowest BCUT2D eigenvalue weighted by atomic mass is 9.98. The average molecular weight is 1180 g/mol. The molecule has 8 bridgehead atoms. The Morgan fingerprint density at radius 2 is 0.614 bits per heavy atom. The fourth-order valence-corrected chi connectivity index (χ4v) is 12.8. The topological polar surface area (TPSA) is 211 Å². The number of anilines is 4. The molecule has 3 aromatic heterocycles. The first-order valence-electron chi connectivity index (χ1n) is 30.1. The van der Waals surface area contributed by atoms with Gasteiger partial charge in [0.15, 0.2) is 0 Å². The van der Waals surface area contributed by atoms with Gasteiger partial charge in [0.1, 0.15) is 23.0 Å². The van der Waals surface area contributed by atoms with Gasteiger partial charge in [-0.25, -0.2) is 9.97 Å². The molecule has 4 atom stereocenters. The van der Waals surface area contributed by atoms with Crippen LogP contribution in [0.1, 0.15) is 104 Å². The number of amides is 4. The second-order valence-electron chi connectivity index (χ2n) is 27.1. The molecule has 6 N–H and O–H groups in total. The molecule has 4 fully saturated rings. The number of aromatic amines is 2. The summed E-state index contributed by atoms with van der Waals surface area (Å²) in [7, 11) is 6.44. The monoisotopic (exact) mass is 1180 g/mol. The zero-order valence-corrected chi connectivity index (χ0v) is 51.8. The lowest BCUT2D eigenvalue weighted by Crippen LogP contribution is -2.19. The molecule has 6 aliphatic rings. The van der Waals surface area contributed by atoms with Crippen LogP contribution in [0.5, 0.6) is 23.0 Å². The maximum atomic E-state index is 14.4. The number of aromatic nitrogens is 4. The zero-order valence-electron chi connectivity index (χ0n) is 51.8. The van der Waals surface area contributed by atoms with E-state index < -0.39 is 0 Å². The number of carbonyl (C=O) groups is 4. The van der Waals surface area contributed by atoms with E-state index in [2.05, 4.69) is 86.6 Å². The van der Waals surface area contributed by atoms with Crippen molar-refractivity contribution in [3.8, 4) is 67.5 Å². The first-order valence-corrected chi connectivity index (χ1v) is 30.1. The zero-order chi connectivity index (χ0) is 61.9. The van der Waals surface area contributed by atoms with Gasteiger partial charge in [-0.1, -0.05) is 67.5 Å². The Balaban J connectivity index is 1.16. The smallest absolute Gasteiger partial charge is 0.228 e. The van der Waals surface area contributed by atoms with Crippen LogP contribution in [0.4, 0.5) is 22.7 Å². The lowest BCUT2D eigenvalue weighted by Gasteiger charge is -2.18. The average Bonchev–Trinajstić information content (AvgIpc) is 1.72.